The Balaban J connectivity index is 1.70. The van der Waals surface area contributed by atoms with Crippen LogP contribution in [0.15, 0.2) is 79.0 Å². The molecule has 3 aromatic carbocycles. The molecular weight excluding hydrogens is 391 g/mol. The molecule has 0 aliphatic carbocycles. The zero-order valence-corrected chi connectivity index (χ0v) is 16.6. The van der Waals surface area contributed by atoms with Crippen molar-refractivity contribution in [3.05, 3.63) is 95.9 Å². The van der Waals surface area contributed by atoms with E-state index in [1.807, 2.05) is 53.2 Å². The summed E-state index contributed by atoms with van der Waals surface area (Å²) in [7, 11) is 0. The number of nitrogens with one attached hydrogen (secondary N) is 1. The molecule has 1 amide bonds. The van der Waals surface area contributed by atoms with E-state index in [-0.39, 0.29) is 11.7 Å². The molecule has 0 bridgehead atoms. The summed E-state index contributed by atoms with van der Waals surface area (Å²) < 4.78 is 15.6. The van der Waals surface area contributed by atoms with Crippen molar-refractivity contribution in [2.75, 3.05) is 10.2 Å². The topological polar surface area (TPSA) is 61.1 Å². The minimum absolute atomic E-state index is 0.153. The van der Waals surface area contributed by atoms with E-state index in [0.717, 1.165) is 22.2 Å². The van der Waals surface area contributed by atoms with Gasteiger partial charge < -0.3 is 9.88 Å². The number of halogens is 1. The summed E-state index contributed by atoms with van der Waals surface area (Å²) in [5.41, 5.74) is 3.84. The third-order valence-corrected chi connectivity index (χ3v) is 5.61. The lowest BCUT2D eigenvalue weighted by Gasteiger charge is -2.38. The van der Waals surface area contributed by atoms with Crippen molar-refractivity contribution in [2.45, 2.75) is 19.1 Å². The first-order valence-electron chi connectivity index (χ1n) is 10.1. The van der Waals surface area contributed by atoms with Gasteiger partial charge in [-0.1, -0.05) is 30.3 Å². The Morgan fingerprint density at radius 2 is 1.74 bits per heavy atom. The minimum atomic E-state index is -0.485. The highest BCUT2D eigenvalue weighted by molar-refractivity contribution is 6.12. The van der Waals surface area contributed by atoms with E-state index in [1.165, 1.54) is 12.1 Å². The van der Waals surface area contributed by atoms with Crippen LogP contribution in [-0.2, 0) is 6.54 Å². The third kappa shape index (κ3) is 3.21. The molecule has 5 rings (SSSR count). The fourth-order valence-corrected chi connectivity index (χ4v) is 4.19. The van der Waals surface area contributed by atoms with Crippen molar-refractivity contribution < 1.29 is 9.18 Å². The van der Waals surface area contributed by atoms with Crippen LogP contribution >= 0.6 is 0 Å². The maximum absolute atomic E-state index is 13.6. The van der Waals surface area contributed by atoms with Crippen LogP contribution in [-0.4, -0.2) is 10.5 Å². The number of hydrogen-bond acceptors (Lipinski definition) is 3. The number of nitrogens with zero attached hydrogens (tertiary/aromatic N) is 3. The summed E-state index contributed by atoms with van der Waals surface area (Å²) in [5.74, 6) is -0.508. The quantitative estimate of drug-likeness (QED) is 0.486. The SMILES string of the molecule is N#CCCn1cc([C@H]2Nc3ccccc3C(=O)N2c2ccc(F)cc2)c2ccccc21. The van der Waals surface area contributed by atoms with Crippen molar-refractivity contribution in [3.63, 3.8) is 0 Å². The summed E-state index contributed by atoms with van der Waals surface area (Å²) in [4.78, 5) is 15.2. The summed E-state index contributed by atoms with van der Waals surface area (Å²) in [6.07, 6.45) is 1.90. The molecule has 4 aromatic rings. The van der Waals surface area contributed by atoms with Crippen LogP contribution in [0.4, 0.5) is 15.8 Å². The van der Waals surface area contributed by atoms with Gasteiger partial charge in [0, 0.05) is 40.6 Å². The third-order valence-electron chi connectivity index (χ3n) is 5.61. The lowest BCUT2D eigenvalue weighted by molar-refractivity contribution is 0.0975. The van der Waals surface area contributed by atoms with Crippen LogP contribution in [0.25, 0.3) is 10.9 Å². The van der Waals surface area contributed by atoms with Gasteiger partial charge in [-0.2, -0.15) is 5.26 Å². The summed E-state index contributed by atoms with van der Waals surface area (Å²) >= 11 is 0. The molecule has 1 N–H and O–H groups in total. The van der Waals surface area contributed by atoms with Crippen LogP contribution in [0.3, 0.4) is 0 Å². The van der Waals surface area contributed by atoms with Crippen LogP contribution in [0.1, 0.15) is 28.5 Å². The number of benzene rings is 3. The molecule has 0 saturated carbocycles. The van der Waals surface area contributed by atoms with Gasteiger partial charge in [0.25, 0.3) is 5.91 Å². The highest BCUT2D eigenvalue weighted by Gasteiger charge is 2.35. The highest BCUT2D eigenvalue weighted by Crippen LogP contribution is 2.39. The zero-order valence-electron chi connectivity index (χ0n) is 16.6. The van der Waals surface area contributed by atoms with Crippen LogP contribution < -0.4 is 10.2 Å². The lowest BCUT2D eigenvalue weighted by Crippen LogP contribution is -2.43. The van der Waals surface area contributed by atoms with Gasteiger partial charge in [0.15, 0.2) is 0 Å². The Bertz CT molecular complexity index is 1320. The molecule has 1 aliphatic heterocycles. The number of hydrogen-bond donors (Lipinski definition) is 1. The van der Waals surface area contributed by atoms with E-state index in [9.17, 15) is 9.18 Å². The Kier molecular flexibility index (Phi) is 4.64. The number of aromatic nitrogens is 1. The molecule has 0 saturated heterocycles. The molecule has 2 heterocycles. The molecular formula is C25H19FN4O. The molecule has 5 nitrogen and oxygen atoms in total. The van der Waals surface area contributed by atoms with Gasteiger partial charge in [0.05, 0.1) is 18.1 Å². The highest BCUT2D eigenvalue weighted by atomic mass is 19.1. The number of amides is 1. The fourth-order valence-electron chi connectivity index (χ4n) is 4.19. The maximum Gasteiger partial charge on any atom is 0.262 e. The second-order valence-corrected chi connectivity index (χ2v) is 7.45. The first-order chi connectivity index (χ1) is 15.2. The number of fused-ring (bicyclic) bond motifs is 2. The van der Waals surface area contributed by atoms with Crippen LogP contribution in [0, 0.1) is 17.1 Å². The van der Waals surface area contributed by atoms with E-state index in [4.69, 9.17) is 5.26 Å². The van der Waals surface area contributed by atoms with Crippen molar-refractivity contribution in [2.24, 2.45) is 0 Å². The first kappa shape index (κ1) is 18.9. The Labute approximate surface area is 178 Å². The lowest BCUT2D eigenvalue weighted by atomic mass is 10.0. The Hall–Kier alpha value is -4.11. The largest absolute Gasteiger partial charge is 0.360 e. The molecule has 0 fully saturated rings. The van der Waals surface area contributed by atoms with E-state index >= 15 is 0 Å². The van der Waals surface area contributed by atoms with E-state index in [0.29, 0.717) is 24.2 Å². The number of anilines is 2. The number of carbonyl (C=O) groups is 1. The number of rotatable bonds is 4. The average molecular weight is 410 g/mol. The number of carbonyl (C=O) groups excluding carboxylic acids is 1. The van der Waals surface area contributed by atoms with Gasteiger partial charge in [-0.25, -0.2) is 4.39 Å². The van der Waals surface area contributed by atoms with E-state index in [1.54, 1.807) is 23.1 Å². The minimum Gasteiger partial charge on any atom is -0.360 e. The molecule has 0 unspecified atom stereocenters. The van der Waals surface area contributed by atoms with E-state index in [2.05, 4.69) is 11.4 Å². The second-order valence-electron chi connectivity index (χ2n) is 7.45. The molecule has 1 atom stereocenters. The van der Waals surface area contributed by atoms with Crippen molar-refractivity contribution in [1.29, 1.82) is 5.26 Å². The molecule has 1 aliphatic rings. The molecule has 6 heteroatoms. The summed E-state index contributed by atoms with van der Waals surface area (Å²) in [5, 5.41) is 13.6. The van der Waals surface area contributed by atoms with Crippen molar-refractivity contribution in [1.82, 2.24) is 4.57 Å². The number of para-hydroxylation sites is 2. The van der Waals surface area contributed by atoms with Gasteiger partial charge in [-0.15, -0.1) is 0 Å². The normalized spacial score (nSPS) is 15.4. The van der Waals surface area contributed by atoms with Crippen molar-refractivity contribution in [3.8, 4) is 6.07 Å². The molecule has 0 radical (unpaired) electrons. The van der Waals surface area contributed by atoms with Gasteiger partial charge in [-0.3, -0.25) is 9.69 Å². The Morgan fingerprint density at radius 1 is 1.00 bits per heavy atom. The first-order valence-corrected chi connectivity index (χ1v) is 10.1. The number of aryl methyl sites for hydroxylation is 1. The standard InChI is InChI=1S/C25H19FN4O/c26-17-10-12-18(13-11-17)30-24(28-22-8-3-1-7-20(22)25(30)31)21-16-29(15-5-14-27)23-9-4-2-6-19(21)23/h1-4,6-13,16,24,28H,5,15H2/t24-/m0/s1. The number of nitriles is 1. The van der Waals surface area contributed by atoms with Gasteiger partial charge in [0.2, 0.25) is 0 Å². The van der Waals surface area contributed by atoms with Crippen LogP contribution in [0.5, 0.6) is 0 Å². The maximum atomic E-state index is 13.6. The molecule has 1 aromatic heterocycles. The molecule has 152 valence electrons. The monoisotopic (exact) mass is 410 g/mol. The van der Waals surface area contributed by atoms with E-state index < -0.39 is 6.17 Å². The molecule has 0 spiro atoms. The van der Waals surface area contributed by atoms with Crippen LogP contribution in [0.2, 0.25) is 0 Å². The fraction of sp³-hybridized carbons (Fsp3) is 0.120. The van der Waals surface area contributed by atoms with Crippen molar-refractivity contribution >= 4 is 28.2 Å². The van der Waals surface area contributed by atoms with Gasteiger partial charge in [-0.05, 0) is 42.5 Å². The zero-order chi connectivity index (χ0) is 21.4. The average Bonchev–Trinajstić information content (AvgIpc) is 3.17. The summed E-state index contributed by atoms with van der Waals surface area (Å²) in [6, 6.07) is 23.5. The summed E-state index contributed by atoms with van der Waals surface area (Å²) in [6.45, 7) is 0.560. The molecule has 31 heavy (non-hydrogen) atoms. The van der Waals surface area contributed by atoms with Gasteiger partial charge >= 0.3 is 0 Å². The second kappa shape index (κ2) is 7.62. The van der Waals surface area contributed by atoms with Gasteiger partial charge in [0.1, 0.15) is 12.0 Å². The smallest absolute Gasteiger partial charge is 0.262 e. The predicted octanol–water partition coefficient (Wildman–Crippen LogP) is 5.47. The Morgan fingerprint density at radius 3 is 2.55 bits per heavy atom. The predicted molar refractivity (Wildman–Crippen MR) is 118 cm³/mol.